The monoisotopic (exact) mass is 402 g/mol. The van der Waals surface area contributed by atoms with Crippen molar-refractivity contribution in [2.24, 2.45) is 5.92 Å². The van der Waals surface area contributed by atoms with E-state index in [9.17, 15) is 17.6 Å². The number of hydrogen-bond donors (Lipinski definition) is 1. The molecule has 1 amide bonds. The van der Waals surface area contributed by atoms with E-state index < -0.39 is 15.8 Å². The van der Waals surface area contributed by atoms with E-state index in [1.165, 1.54) is 12.1 Å². The molecule has 1 fully saturated rings. The zero-order valence-electron chi connectivity index (χ0n) is 15.7. The number of sulfonamides is 1. The molecule has 0 saturated heterocycles. The minimum Gasteiger partial charge on any atom is -0.312 e. The van der Waals surface area contributed by atoms with Crippen molar-refractivity contribution in [2.75, 3.05) is 16.2 Å². The number of rotatable bonds is 4. The summed E-state index contributed by atoms with van der Waals surface area (Å²) in [6.45, 7) is 2.26. The normalized spacial score (nSPS) is 17.0. The van der Waals surface area contributed by atoms with Crippen molar-refractivity contribution in [3.05, 3.63) is 53.3 Å². The molecule has 0 radical (unpaired) electrons. The number of carbonyl (C=O) groups is 1. The molecule has 0 atom stereocenters. The Morgan fingerprint density at radius 3 is 2.64 bits per heavy atom. The molecule has 1 N–H and O–H groups in total. The van der Waals surface area contributed by atoms with E-state index in [-0.39, 0.29) is 16.7 Å². The van der Waals surface area contributed by atoms with E-state index in [0.29, 0.717) is 24.2 Å². The average Bonchev–Trinajstić information content (AvgIpc) is 3.32. The number of amides is 1. The molecule has 1 aliphatic carbocycles. The Morgan fingerprint density at radius 1 is 1.14 bits per heavy atom. The van der Waals surface area contributed by atoms with Crippen LogP contribution >= 0.6 is 0 Å². The predicted octanol–water partition coefficient (Wildman–Crippen LogP) is 4.01. The lowest BCUT2D eigenvalue weighted by molar-refractivity contribution is -0.122. The summed E-state index contributed by atoms with van der Waals surface area (Å²) < 4.78 is 41.4. The van der Waals surface area contributed by atoms with Crippen molar-refractivity contribution < 1.29 is 17.6 Å². The van der Waals surface area contributed by atoms with E-state index in [2.05, 4.69) is 4.72 Å². The Balaban J connectivity index is 1.57. The van der Waals surface area contributed by atoms with Crippen LogP contribution in [0.4, 0.5) is 15.8 Å². The van der Waals surface area contributed by atoms with Crippen LogP contribution in [0.3, 0.4) is 0 Å². The van der Waals surface area contributed by atoms with Gasteiger partial charge in [-0.3, -0.25) is 9.52 Å². The summed E-state index contributed by atoms with van der Waals surface area (Å²) in [6, 6.07) is 8.92. The van der Waals surface area contributed by atoms with Crippen LogP contribution in [0.15, 0.2) is 41.3 Å². The molecule has 28 heavy (non-hydrogen) atoms. The third-order valence-corrected chi connectivity index (χ3v) is 7.16. The predicted molar refractivity (Wildman–Crippen MR) is 106 cm³/mol. The van der Waals surface area contributed by atoms with Crippen LogP contribution < -0.4 is 9.62 Å². The molecule has 0 spiro atoms. The van der Waals surface area contributed by atoms with Crippen LogP contribution in [-0.4, -0.2) is 20.9 Å². The van der Waals surface area contributed by atoms with Gasteiger partial charge in [0.1, 0.15) is 5.82 Å². The number of fused-ring (bicyclic) bond motifs is 1. The van der Waals surface area contributed by atoms with Gasteiger partial charge in [0, 0.05) is 23.8 Å². The summed E-state index contributed by atoms with van der Waals surface area (Å²) in [7, 11) is -3.90. The quantitative estimate of drug-likeness (QED) is 0.840. The first-order valence-corrected chi connectivity index (χ1v) is 11.1. The number of anilines is 2. The molecule has 2 aromatic rings. The van der Waals surface area contributed by atoms with Gasteiger partial charge in [0.2, 0.25) is 5.91 Å². The molecule has 1 heterocycles. The largest absolute Gasteiger partial charge is 0.312 e. The maximum Gasteiger partial charge on any atom is 0.262 e. The lowest BCUT2D eigenvalue weighted by atomic mass is 10.1. The minimum absolute atomic E-state index is 0.0777. The Kier molecular flexibility index (Phi) is 4.87. The van der Waals surface area contributed by atoms with Gasteiger partial charge < -0.3 is 4.90 Å². The van der Waals surface area contributed by atoms with Crippen LogP contribution in [0.5, 0.6) is 0 Å². The highest BCUT2D eigenvalue weighted by Gasteiger charge is 2.32. The molecular formula is C21H23FN2O3S. The standard InChI is InChI=1S/C21H23FN2O3S/c1-14-6-7-17(22)13-20(14)28(26,27)23-18-8-9-19-16(12-18)10-11-24(19)21(25)15-4-2-3-5-15/h6-9,12-13,15,23H,2-5,10-11H2,1H3. The molecule has 0 unspecified atom stereocenters. The van der Waals surface area contributed by atoms with Gasteiger partial charge in [-0.05, 0) is 67.6 Å². The van der Waals surface area contributed by atoms with Crippen molar-refractivity contribution in [3.8, 4) is 0 Å². The fourth-order valence-corrected chi connectivity index (χ4v) is 5.47. The van der Waals surface area contributed by atoms with E-state index in [1.807, 2.05) is 4.90 Å². The van der Waals surface area contributed by atoms with Gasteiger partial charge in [-0.2, -0.15) is 0 Å². The fraction of sp³-hybridized carbons (Fsp3) is 0.381. The zero-order valence-corrected chi connectivity index (χ0v) is 16.6. The lowest BCUT2D eigenvalue weighted by Gasteiger charge is -2.21. The molecule has 1 aliphatic heterocycles. The van der Waals surface area contributed by atoms with Crippen molar-refractivity contribution >= 4 is 27.3 Å². The van der Waals surface area contributed by atoms with Gasteiger partial charge in [0.05, 0.1) is 4.90 Å². The van der Waals surface area contributed by atoms with Crippen LogP contribution in [0, 0.1) is 18.7 Å². The molecule has 0 bridgehead atoms. The van der Waals surface area contributed by atoms with Crippen molar-refractivity contribution in [1.82, 2.24) is 0 Å². The lowest BCUT2D eigenvalue weighted by Crippen LogP contribution is -2.33. The number of halogens is 1. The summed E-state index contributed by atoms with van der Waals surface area (Å²) in [5, 5.41) is 0. The summed E-state index contributed by atoms with van der Waals surface area (Å²) in [6.07, 6.45) is 4.82. The fourth-order valence-electron chi connectivity index (χ4n) is 4.16. The second-order valence-corrected chi connectivity index (χ2v) is 9.23. The summed E-state index contributed by atoms with van der Waals surface area (Å²) in [5.74, 6) is -0.305. The Bertz CT molecular complexity index is 1030. The maximum absolute atomic E-state index is 13.5. The first-order chi connectivity index (χ1) is 13.3. The summed E-state index contributed by atoms with van der Waals surface area (Å²) in [5.41, 5.74) is 2.70. The number of nitrogens with zero attached hydrogens (tertiary/aromatic N) is 1. The van der Waals surface area contributed by atoms with E-state index in [1.54, 1.807) is 25.1 Å². The Labute approximate surface area is 164 Å². The highest BCUT2D eigenvalue weighted by Crippen LogP contribution is 2.35. The van der Waals surface area contributed by atoms with Gasteiger partial charge in [-0.15, -0.1) is 0 Å². The molecule has 2 aliphatic rings. The SMILES string of the molecule is Cc1ccc(F)cc1S(=O)(=O)Nc1ccc2c(c1)CCN2C(=O)C1CCCC1. The van der Waals surface area contributed by atoms with Crippen molar-refractivity contribution in [3.63, 3.8) is 0 Å². The minimum atomic E-state index is -3.90. The van der Waals surface area contributed by atoms with E-state index in [0.717, 1.165) is 43.0 Å². The van der Waals surface area contributed by atoms with Gasteiger partial charge in [0.15, 0.2) is 0 Å². The van der Waals surface area contributed by atoms with Crippen molar-refractivity contribution in [2.45, 2.75) is 43.9 Å². The maximum atomic E-state index is 13.5. The first-order valence-electron chi connectivity index (χ1n) is 9.58. The molecule has 0 aromatic heterocycles. The molecule has 1 saturated carbocycles. The Hall–Kier alpha value is -2.41. The third-order valence-electron chi connectivity index (χ3n) is 5.64. The number of nitrogens with one attached hydrogen (secondary N) is 1. The van der Waals surface area contributed by atoms with Crippen LogP contribution in [0.1, 0.15) is 36.8 Å². The van der Waals surface area contributed by atoms with Gasteiger partial charge in [0.25, 0.3) is 10.0 Å². The molecule has 7 heteroatoms. The average molecular weight is 402 g/mol. The summed E-state index contributed by atoms with van der Waals surface area (Å²) in [4.78, 5) is 14.5. The highest BCUT2D eigenvalue weighted by atomic mass is 32.2. The first kappa shape index (κ1) is 18.9. The number of hydrogen-bond acceptors (Lipinski definition) is 3. The van der Waals surface area contributed by atoms with Gasteiger partial charge in [-0.1, -0.05) is 18.9 Å². The molecule has 5 nitrogen and oxygen atoms in total. The second kappa shape index (κ2) is 7.20. The second-order valence-electron chi connectivity index (χ2n) is 7.58. The van der Waals surface area contributed by atoms with Gasteiger partial charge in [-0.25, -0.2) is 12.8 Å². The number of benzene rings is 2. The number of carbonyl (C=O) groups excluding carboxylic acids is 1. The Morgan fingerprint density at radius 2 is 1.89 bits per heavy atom. The zero-order chi connectivity index (χ0) is 19.9. The van der Waals surface area contributed by atoms with E-state index in [4.69, 9.17) is 0 Å². The van der Waals surface area contributed by atoms with Crippen LogP contribution in [-0.2, 0) is 21.2 Å². The molecular weight excluding hydrogens is 379 g/mol. The van der Waals surface area contributed by atoms with Gasteiger partial charge >= 0.3 is 0 Å². The number of aryl methyl sites for hydroxylation is 1. The highest BCUT2D eigenvalue weighted by molar-refractivity contribution is 7.92. The van der Waals surface area contributed by atoms with E-state index >= 15 is 0 Å². The molecule has 4 rings (SSSR count). The summed E-state index contributed by atoms with van der Waals surface area (Å²) >= 11 is 0. The van der Waals surface area contributed by atoms with Crippen molar-refractivity contribution in [1.29, 1.82) is 0 Å². The third kappa shape index (κ3) is 3.51. The van der Waals surface area contributed by atoms with Crippen LogP contribution in [0.2, 0.25) is 0 Å². The topological polar surface area (TPSA) is 66.5 Å². The molecule has 2 aromatic carbocycles. The van der Waals surface area contributed by atoms with Crippen LogP contribution in [0.25, 0.3) is 0 Å². The smallest absolute Gasteiger partial charge is 0.262 e. The molecule has 148 valence electrons.